The number of carbonyl (C=O) groups is 1. The molecular formula is C19H17NO3. The van der Waals surface area contributed by atoms with Gasteiger partial charge in [-0.05, 0) is 29.8 Å². The molecule has 116 valence electrons. The smallest absolute Gasteiger partial charge is 0.248 e. The van der Waals surface area contributed by atoms with E-state index < -0.39 is 0 Å². The highest BCUT2D eigenvalue weighted by atomic mass is 16.5. The minimum Gasteiger partial charge on any atom is -0.497 e. The van der Waals surface area contributed by atoms with Crippen LogP contribution in [0.15, 0.2) is 66.3 Å². The largest absolute Gasteiger partial charge is 0.497 e. The molecule has 0 radical (unpaired) electrons. The molecule has 4 nitrogen and oxygen atoms in total. The summed E-state index contributed by atoms with van der Waals surface area (Å²) in [5.74, 6) is 1.37. The molecule has 1 amide bonds. The van der Waals surface area contributed by atoms with Crippen molar-refractivity contribution in [2.45, 2.75) is 0 Å². The van der Waals surface area contributed by atoms with Crippen molar-refractivity contribution in [2.24, 2.45) is 0 Å². The van der Waals surface area contributed by atoms with Gasteiger partial charge in [0, 0.05) is 23.4 Å². The highest BCUT2D eigenvalue weighted by Gasteiger charge is 2.08. The quantitative estimate of drug-likeness (QED) is 0.877. The molecule has 0 spiro atoms. The molecule has 2 aromatic rings. The summed E-state index contributed by atoms with van der Waals surface area (Å²) in [5.41, 5.74) is 2.66. The number of anilines is 1. The number of methoxy groups -OCH3 is 1. The Hall–Kier alpha value is -3.01. The third-order valence-corrected chi connectivity index (χ3v) is 3.44. The third kappa shape index (κ3) is 3.80. The van der Waals surface area contributed by atoms with Gasteiger partial charge in [0.05, 0.1) is 7.11 Å². The molecule has 2 aromatic carbocycles. The predicted molar refractivity (Wildman–Crippen MR) is 90.7 cm³/mol. The molecule has 1 aliphatic heterocycles. The minimum atomic E-state index is -0.196. The lowest BCUT2D eigenvalue weighted by atomic mass is 10.1. The molecule has 4 heteroatoms. The zero-order valence-corrected chi connectivity index (χ0v) is 12.8. The average Bonchev–Trinajstić information content (AvgIpc) is 2.60. The van der Waals surface area contributed by atoms with Gasteiger partial charge >= 0.3 is 0 Å². The number of hydrogen-bond acceptors (Lipinski definition) is 3. The molecule has 0 aliphatic carbocycles. The maximum absolute atomic E-state index is 12.0. The van der Waals surface area contributed by atoms with Crippen LogP contribution in [0.2, 0.25) is 0 Å². The zero-order chi connectivity index (χ0) is 16.1. The number of benzene rings is 2. The Kier molecular flexibility index (Phi) is 4.43. The lowest BCUT2D eigenvalue weighted by Crippen LogP contribution is -2.09. The number of nitrogens with one attached hydrogen (secondary N) is 1. The summed E-state index contributed by atoms with van der Waals surface area (Å²) in [6.45, 7) is 0.458. The number of rotatable bonds is 4. The molecule has 0 saturated heterocycles. The fraction of sp³-hybridized carbons (Fsp3) is 0.105. The van der Waals surface area contributed by atoms with Gasteiger partial charge in [-0.25, -0.2) is 0 Å². The Balaban J connectivity index is 1.66. The van der Waals surface area contributed by atoms with E-state index in [1.54, 1.807) is 19.3 Å². The first-order valence-electron chi connectivity index (χ1n) is 7.30. The SMILES string of the molecule is COc1cccc(NC(=O)/C=C/C2=Cc3ccccc3OC2)c1. The summed E-state index contributed by atoms with van der Waals surface area (Å²) in [6, 6.07) is 15.1. The normalized spacial score (nSPS) is 13.0. The standard InChI is InChI=1S/C19H17NO3/c1-22-17-7-4-6-16(12-17)20-19(21)10-9-14-11-15-5-2-3-8-18(15)23-13-14/h2-12H,13H2,1H3,(H,20,21)/b10-9+. The first-order chi connectivity index (χ1) is 11.2. The molecule has 0 unspecified atom stereocenters. The monoisotopic (exact) mass is 307 g/mol. The first kappa shape index (κ1) is 14.9. The minimum absolute atomic E-state index is 0.196. The second kappa shape index (κ2) is 6.83. The van der Waals surface area contributed by atoms with Gasteiger partial charge in [0.25, 0.3) is 0 Å². The van der Waals surface area contributed by atoms with Crippen LogP contribution < -0.4 is 14.8 Å². The van der Waals surface area contributed by atoms with Crippen LogP contribution in [0.1, 0.15) is 5.56 Å². The Morgan fingerprint density at radius 3 is 2.96 bits per heavy atom. The molecule has 0 atom stereocenters. The van der Waals surface area contributed by atoms with E-state index in [4.69, 9.17) is 9.47 Å². The maximum Gasteiger partial charge on any atom is 0.248 e. The van der Waals surface area contributed by atoms with Crippen molar-refractivity contribution < 1.29 is 14.3 Å². The maximum atomic E-state index is 12.0. The molecule has 0 bridgehead atoms. The van der Waals surface area contributed by atoms with Crippen LogP contribution in [0.25, 0.3) is 6.08 Å². The van der Waals surface area contributed by atoms with Gasteiger partial charge in [-0.1, -0.05) is 30.3 Å². The van der Waals surface area contributed by atoms with Crippen LogP contribution in [-0.4, -0.2) is 19.6 Å². The molecule has 1 N–H and O–H groups in total. The van der Waals surface area contributed by atoms with Crippen molar-refractivity contribution in [3.63, 3.8) is 0 Å². The van der Waals surface area contributed by atoms with Gasteiger partial charge in [0.1, 0.15) is 18.1 Å². The van der Waals surface area contributed by atoms with E-state index in [0.29, 0.717) is 18.0 Å². The van der Waals surface area contributed by atoms with Crippen LogP contribution in [0, 0.1) is 0 Å². The number of hydrogen-bond donors (Lipinski definition) is 1. The van der Waals surface area contributed by atoms with Crippen LogP contribution >= 0.6 is 0 Å². The average molecular weight is 307 g/mol. The summed E-state index contributed by atoms with van der Waals surface area (Å²) < 4.78 is 10.8. The molecule has 1 aliphatic rings. The van der Waals surface area contributed by atoms with Crippen molar-refractivity contribution in [1.82, 2.24) is 0 Å². The molecule has 23 heavy (non-hydrogen) atoms. The molecule has 0 aromatic heterocycles. The van der Waals surface area contributed by atoms with Gasteiger partial charge in [-0.3, -0.25) is 4.79 Å². The predicted octanol–water partition coefficient (Wildman–Crippen LogP) is 3.67. The lowest BCUT2D eigenvalue weighted by molar-refractivity contribution is -0.111. The van der Waals surface area contributed by atoms with E-state index in [9.17, 15) is 4.79 Å². The van der Waals surface area contributed by atoms with Gasteiger partial charge in [-0.15, -0.1) is 0 Å². The highest BCUT2D eigenvalue weighted by molar-refractivity contribution is 5.99. The topological polar surface area (TPSA) is 47.6 Å². The van der Waals surface area contributed by atoms with Crippen molar-refractivity contribution in [2.75, 3.05) is 19.0 Å². The van der Waals surface area contributed by atoms with Crippen LogP contribution in [-0.2, 0) is 4.79 Å². The number of fused-ring (bicyclic) bond motifs is 1. The van der Waals surface area contributed by atoms with E-state index in [2.05, 4.69) is 5.32 Å². The van der Waals surface area contributed by atoms with Crippen LogP contribution in [0.3, 0.4) is 0 Å². The Labute approximate surface area is 135 Å². The van der Waals surface area contributed by atoms with Crippen molar-refractivity contribution >= 4 is 17.7 Å². The summed E-state index contributed by atoms with van der Waals surface area (Å²) in [7, 11) is 1.59. The number of para-hydroxylation sites is 1. The van der Waals surface area contributed by atoms with Crippen molar-refractivity contribution in [1.29, 1.82) is 0 Å². The van der Waals surface area contributed by atoms with E-state index in [1.807, 2.05) is 48.5 Å². The Morgan fingerprint density at radius 2 is 2.09 bits per heavy atom. The van der Waals surface area contributed by atoms with E-state index in [1.165, 1.54) is 6.08 Å². The summed E-state index contributed by atoms with van der Waals surface area (Å²) in [4.78, 5) is 12.0. The van der Waals surface area contributed by atoms with E-state index in [0.717, 1.165) is 16.9 Å². The second-order valence-corrected chi connectivity index (χ2v) is 5.10. The van der Waals surface area contributed by atoms with Gasteiger partial charge in [0.2, 0.25) is 5.91 Å². The first-order valence-corrected chi connectivity index (χ1v) is 7.30. The van der Waals surface area contributed by atoms with Crippen LogP contribution in [0.4, 0.5) is 5.69 Å². The molecule has 0 fully saturated rings. The van der Waals surface area contributed by atoms with Gasteiger partial charge in [0.15, 0.2) is 0 Å². The number of amides is 1. The molecule has 1 heterocycles. The molecule has 0 saturated carbocycles. The van der Waals surface area contributed by atoms with Crippen LogP contribution in [0.5, 0.6) is 11.5 Å². The van der Waals surface area contributed by atoms with Gasteiger partial charge < -0.3 is 14.8 Å². The lowest BCUT2D eigenvalue weighted by Gasteiger charge is -2.15. The van der Waals surface area contributed by atoms with Crippen molar-refractivity contribution in [3.8, 4) is 11.5 Å². The molecular weight excluding hydrogens is 290 g/mol. The van der Waals surface area contributed by atoms with Crippen molar-refractivity contribution in [3.05, 3.63) is 71.8 Å². The van der Waals surface area contributed by atoms with E-state index >= 15 is 0 Å². The second-order valence-electron chi connectivity index (χ2n) is 5.10. The summed E-state index contributed by atoms with van der Waals surface area (Å²) in [6.07, 6.45) is 5.29. The summed E-state index contributed by atoms with van der Waals surface area (Å²) >= 11 is 0. The Bertz CT molecular complexity index is 778. The molecule has 3 rings (SSSR count). The third-order valence-electron chi connectivity index (χ3n) is 3.44. The fourth-order valence-electron chi connectivity index (χ4n) is 2.30. The summed E-state index contributed by atoms with van der Waals surface area (Å²) in [5, 5.41) is 2.80. The number of carbonyl (C=O) groups excluding carboxylic acids is 1. The fourth-order valence-corrected chi connectivity index (χ4v) is 2.30. The number of ether oxygens (including phenoxy) is 2. The van der Waals surface area contributed by atoms with E-state index in [-0.39, 0.29) is 5.91 Å². The zero-order valence-electron chi connectivity index (χ0n) is 12.8. The highest BCUT2D eigenvalue weighted by Crippen LogP contribution is 2.26. The Morgan fingerprint density at radius 1 is 1.22 bits per heavy atom. The van der Waals surface area contributed by atoms with Gasteiger partial charge in [-0.2, -0.15) is 0 Å².